The van der Waals surface area contributed by atoms with Gasteiger partial charge in [0, 0.05) is 17.9 Å². The van der Waals surface area contributed by atoms with E-state index in [2.05, 4.69) is 103 Å². The van der Waals surface area contributed by atoms with Gasteiger partial charge in [-0.15, -0.1) is 0 Å². The molecule has 0 amide bonds. The third-order valence-corrected chi connectivity index (χ3v) is 10.0. The fraction of sp³-hybridized carbons (Fsp3) is 0.290. The molecule has 1 nitrogen and oxygen atoms in total. The molecule has 0 aromatic heterocycles. The molecule has 1 aliphatic rings. The van der Waals surface area contributed by atoms with Gasteiger partial charge in [0.25, 0.3) is 0 Å². The van der Waals surface area contributed by atoms with E-state index in [1.54, 1.807) is 10.4 Å². The fourth-order valence-electron chi connectivity index (χ4n) is 5.33. The van der Waals surface area contributed by atoms with Crippen LogP contribution in [0.4, 0.5) is 11.4 Å². The van der Waals surface area contributed by atoms with Crippen LogP contribution in [0.25, 0.3) is 10.8 Å². The first-order chi connectivity index (χ1) is 16.4. The van der Waals surface area contributed by atoms with E-state index >= 15 is 0 Å². The second-order valence-corrected chi connectivity index (χ2v) is 11.8. The van der Waals surface area contributed by atoms with Gasteiger partial charge in [0.1, 0.15) is 8.80 Å². The molecule has 2 heteroatoms. The lowest BCUT2D eigenvalue weighted by atomic mass is 10.0. The summed E-state index contributed by atoms with van der Waals surface area (Å²) in [4.78, 5) is 2.57. The average Bonchev–Trinajstić information content (AvgIpc) is 2.87. The topological polar surface area (TPSA) is 3.24 Å². The van der Waals surface area contributed by atoms with Crippen LogP contribution in [0, 0.1) is 0 Å². The maximum absolute atomic E-state index is 2.57. The second-order valence-electron chi connectivity index (χ2n) is 9.26. The zero-order valence-corrected chi connectivity index (χ0v) is 20.8. The molecule has 0 N–H and O–H groups in total. The van der Waals surface area contributed by atoms with Gasteiger partial charge in [-0.2, -0.15) is 0 Å². The molecule has 33 heavy (non-hydrogen) atoms. The molecule has 0 saturated carbocycles. The van der Waals surface area contributed by atoms with Gasteiger partial charge < -0.3 is 4.90 Å². The van der Waals surface area contributed by atoms with E-state index in [9.17, 15) is 0 Å². The van der Waals surface area contributed by atoms with Crippen molar-refractivity contribution in [1.29, 1.82) is 0 Å². The summed E-state index contributed by atoms with van der Waals surface area (Å²) < 4.78 is 0. The molecular weight excluding hydrogens is 414 g/mol. The Kier molecular flexibility index (Phi) is 6.92. The van der Waals surface area contributed by atoms with Crippen LogP contribution in [0.3, 0.4) is 0 Å². The van der Waals surface area contributed by atoms with E-state index in [0.29, 0.717) is 0 Å². The van der Waals surface area contributed by atoms with Gasteiger partial charge in [0.2, 0.25) is 0 Å². The minimum Gasteiger partial charge on any atom is -0.337 e. The summed E-state index contributed by atoms with van der Waals surface area (Å²) in [7, 11) is -0.762. The van der Waals surface area contributed by atoms with Crippen LogP contribution in [0.1, 0.15) is 51.0 Å². The number of benzene rings is 4. The van der Waals surface area contributed by atoms with Crippen molar-refractivity contribution >= 4 is 41.3 Å². The van der Waals surface area contributed by atoms with Crippen LogP contribution < -0.4 is 15.3 Å². The third-order valence-electron chi connectivity index (χ3n) is 7.03. The first kappa shape index (κ1) is 22.0. The van der Waals surface area contributed by atoms with Gasteiger partial charge in [0.15, 0.2) is 0 Å². The summed E-state index contributed by atoms with van der Waals surface area (Å²) >= 11 is 0. The minimum atomic E-state index is -0.762. The summed E-state index contributed by atoms with van der Waals surface area (Å²) in [6.45, 7) is 3.20. The molecule has 0 fully saturated rings. The van der Waals surface area contributed by atoms with Crippen molar-refractivity contribution in [3.8, 4) is 0 Å². The van der Waals surface area contributed by atoms with Gasteiger partial charge >= 0.3 is 0 Å². The minimum absolute atomic E-state index is 0.762. The van der Waals surface area contributed by atoms with E-state index in [0.717, 1.165) is 6.54 Å². The molecule has 5 rings (SSSR count). The molecule has 4 aromatic carbocycles. The molecule has 1 radical (unpaired) electrons. The Labute approximate surface area is 200 Å². The van der Waals surface area contributed by atoms with Crippen molar-refractivity contribution in [3.63, 3.8) is 0 Å². The largest absolute Gasteiger partial charge is 0.337 e. The summed E-state index contributed by atoms with van der Waals surface area (Å²) in [6.07, 6.45) is 8.21. The van der Waals surface area contributed by atoms with Gasteiger partial charge in [-0.25, -0.2) is 0 Å². The van der Waals surface area contributed by atoms with E-state index < -0.39 is 8.80 Å². The van der Waals surface area contributed by atoms with E-state index in [-0.39, 0.29) is 0 Å². The molecule has 0 spiro atoms. The molecule has 0 bridgehead atoms. The number of rotatable bonds is 9. The van der Waals surface area contributed by atoms with Crippen molar-refractivity contribution in [2.24, 2.45) is 0 Å². The number of unbranched alkanes of at least 4 members (excludes halogenated alkanes) is 5. The van der Waals surface area contributed by atoms with Gasteiger partial charge in [-0.3, -0.25) is 0 Å². The normalized spacial score (nSPS) is 13.2. The first-order valence-electron chi connectivity index (χ1n) is 12.7. The lowest BCUT2D eigenvalue weighted by Gasteiger charge is -2.37. The number of hydrogen-bond acceptors (Lipinski definition) is 1. The predicted molar refractivity (Wildman–Crippen MR) is 146 cm³/mol. The Bertz CT molecular complexity index is 1160. The van der Waals surface area contributed by atoms with Gasteiger partial charge in [-0.05, 0) is 38.8 Å². The number of hydrogen-bond donors (Lipinski definition) is 0. The molecule has 0 atom stereocenters. The van der Waals surface area contributed by atoms with Crippen molar-refractivity contribution in [2.75, 3.05) is 4.90 Å². The van der Waals surface area contributed by atoms with Crippen LogP contribution in [0.15, 0.2) is 91.0 Å². The molecule has 1 heterocycles. The van der Waals surface area contributed by atoms with Crippen molar-refractivity contribution in [1.82, 2.24) is 0 Å². The summed E-state index contributed by atoms with van der Waals surface area (Å²) in [5.41, 5.74) is 4.23. The zero-order chi connectivity index (χ0) is 22.5. The molecule has 4 aromatic rings. The molecule has 0 aliphatic carbocycles. The van der Waals surface area contributed by atoms with Crippen LogP contribution >= 0.6 is 0 Å². The highest BCUT2D eigenvalue weighted by atomic mass is 28.3. The lowest BCUT2D eigenvalue weighted by molar-refractivity contribution is 0.624. The lowest BCUT2D eigenvalue weighted by Crippen LogP contribution is -2.50. The van der Waals surface area contributed by atoms with E-state index in [1.165, 1.54) is 72.3 Å². The van der Waals surface area contributed by atoms with Crippen LogP contribution in [0.2, 0.25) is 6.04 Å². The fourth-order valence-corrected chi connectivity index (χ4v) is 8.41. The quantitative estimate of drug-likeness (QED) is 0.190. The predicted octanol–water partition coefficient (Wildman–Crippen LogP) is 7.46. The highest BCUT2D eigenvalue weighted by Gasteiger charge is 2.31. The average molecular weight is 449 g/mol. The van der Waals surface area contributed by atoms with Gasteiger partial charge in [0.05, 0.1) is 0 Å². The smallest absolute Gasteiger partial charge is 0.126 e. The van der Waals surface area contributed by atoms with E-state index in [1.807, 2.05) is 0 Å². The van der Waals surface area contributed by atoms with Crippen molar-refractivity contribution in [2.45, 2.75) is 58.0 Å². The zero-order valence-electron chi connectivity index (χ0n) is 19.8. The Balaban J connectivity index is 1.47. The molecule has 1 aliphatic heterocycles. The standard InChI is InChI=1S/C31H34NSi/c1-2-3-4-5-6-13-23-33-30-21-11-9-19-28(30)32(29-20-10-12-22-31(29)33)24-26-17-14-16-25-15-7-8-18-27(25)26/h7-12,14-22H,2-6,13,23-24H2,1H3. The number of fused-ring (bicyclic) bond motifs is 3. The number of anilines is 2. The van der Waals surface area contributed by atoms with Gasteiger partial charge in [-0.1, -0.05) is 130 Å². The van der Waals surface area contributed by atoms with Crippen LogP contribution in [-0.2, 0) is 6.54 Å². The maximum Gasteiger partial charge on any atom is 0.126 e. The van der Waals surface area contributed by atoms with Crippen molar-refractivity contribution < 1.29 is 0 Å². The Morgan fingerprint density at radius 1 is 0.606 bits per heavy atom. The van der Waals surface area contributed by atoms with Crippen LogP contribution in [-0.4, -0.2) is 8.80 Å². The molecule has 0 saturated heterocycles. The highest BCUT2D eigenvalue weighted by molar-refractivity contribution is 6.88. The monoisotopic (exact) mass is 448 g/mol. The highest BCUT2D eigenvalue weighted by Crippen LogP contribution is 2.32. The summed E-state index contributed by atoms with van der Waals surface area (Å²) in [5, 5.41) is 5.87. The molecule has 167 valence electrons. The second kappa shape index (κ2) is 10.4. The summed E-state index contributed by atoms with van der Waals surface area (Å²) in [6, 6.07) is 35.3. The molecular formula is C31H34NSi. The Morgan fingerprint density at radius 2 is 1.21 bits per heavy atom. The van der Waals surface area contributed by atoms with Crippen LogP contribution in [0.5, 0.6) is 0 Å². The number of nitrogens with zero attached hydrogens (tertiary/aromatic N) is 1. The Hall–Kier alpha value is -2.84. The SMILES string of the molecule is CCCCCCCC[Si]1c2ccccc2N(Cc2cccc3ccccc23)c2ccccc21. The summed E-state index contributed by atoms with van der Waals surface area (Å²) in [5.74, 6) is 0. The molecule has 0 unspecified atom stereocenters. The number of para-hydroxylation sites is 2. The third kappa shape index (κ3) is 4.63. The van der Waals surface area contributed by atoms with Crippen molar-refractivity contribution in [3.05, 3.63) is 96.6 Å². The first-order valence-corrected chi connectivity index (χ1v) is 14.4. The Morgan fingerprint density at radius 3 is 1.97 bits per heavy atom. The van der Waals surface area contributed by atoms with E-state index in [4.69, 9.17) is 0 Å². The maximum atomic E-state index is 2.57.